The lowest BCUT2D eigenvalue weighted by atomic mass is 10.0. The standard InChI is InChI=1S/C18H19ClN4O/c1-12(23-8-6-20-11-23)9-17(24)22-7-5-16-14(10-22)13-3-2-4-15(19)18(13)21-16/h2-4,6,8,11-12,21H,5,7,9-10H2,1H3/t12-/m0/s1. The van der Waals surface area contributed by atoms with Crippen molar-refractivity contribution in [1.82, 2.24) is 19.4 Å². The number of fused-ring (bicyclic) bond motifs is 3. The smallest absolute Gasteiger partial charge is 0.224 e. The predicted octanol–water partition coefficient (Wildman–Crippen LogP) is 3.55. The fourth-order valence-corrected chi connectivity index (χ4v) is 3.65. The van der Waals surface area contributed by atoms with Crippen LogP contribution in [0.15, 0.2) is 36.9 Å². The Kier molecular flexibility index (Phi) is 3.81. The minimum absolute atomic E-state index is 0.110. The van der Waals surface area contributed by atoms with E-state index < -0.39 is 0 Å². The highest BCUT2D eigenvalue weighted by Crippen LogP contribution is 2.32. The highest BCUT2D eigenvalue weighted by molar-refractivity contribution is 6.35. The summed E-state index contributed by atoms with van der Waals surface area (Å²) < 4.78 is 1.97. The Balaban J connectivity index is 1.54. The number of nitrogens with one attached hydrogen (secondary N) is 1. The Morgan fingerprint density at radius 3 is 3.12 bits per heavy atom. The van der Waals surface area contributed by atoms with E-state index in [2.05, 4.69) is 16.0 Å². The number of hydrogen-bond donors (Lipinski definition) is 1. The molecule has 124 valence electrons. The first-order valence-corrected chi connectivity index (χ1v) is 8.54. The number of aromatic nitrogens is 3. The molecule has 0 spiro atoms. The first kappa shape index (κ1) is 15.3. The Bertz CT molecular complexity index is 884. The average molecular weight is 343 g/mol. The maximum Gasteiger partial charge on any atom is 0.224 e. The van der Waals surface area contributed by atoms with E-state index >= 15 is 0 Å². The molecule has 0 saturated carbocycles. The number of aromatic amines is 1. The van der Waals surface area contributed by atoms with Crippen LogP contribution < -0.4 is 0 Å². The summed E-state index contributed by atoms with van der Waals surface area (Å²) in [6.45, 7) is 3.43. The molecule has 3 aromatic rings. The van der Waals surface area contributed by atoms with Crippen LogP contribution >= 0.6 is 11.6 Å². The molecule has 0 bridgehead atoms. The Hall–Kier alpha value is -2.27. The maximum atomic E-state index is 12.7. The molecule has 1 N–H and O–H groups in total. The van der Waals surface area contributed by atoms with Crippen molar-refractivity contribution in [2.75, 3.05) is 6.54 Å². The number of H-pyrrole nitrogens is 1. The molecule has 0 saturated heterocycles. The van der Waals surface area contributed by atoms with Crippen LogP contribution in [-0.2, 0) is 17.8 Å². The van der Waals surface area contributed by atoms with Gasteiger partial charge < -0.3 is 14.5 Å². The monoisotopic (exact) mass is 342 g/mol. The first-order valence-electron chi connectivity index (χ1n) is 8.16. The number of nitrogens with zero attached hydrogens (tertiary/aromatic N) is 3. The minimum atomic E-state index is 0.110. The van der Waals surface area contributed by atoms with Gasteiger partial charge in [-0.15, -0.1) is 0 Å². The van der Waals surface area contributed by atoms with Crippen molar-refractivity contribution in [3.05, 3.63) is 53.2 Å². The summed E-state index contributed by atoms with van der Waals surface area (Å²) in [6.07, 6.45) is 6.71. The van der Waals surface area contributed by atoms with Crippen LogP contribution in [-0.4, -0.2) is 31.9 Å². The van der Waals surface area contributed by atoms with Crippen LogP contribution in [0.1, 0.15) is 30.6 Å². The van der Waals surface area contributed by atoms with E-state index in [0.717, 1.165) is 28.9 Å². The van der Waals surface area contributed by atoms with Crippen molar-refractivity contribution < 1.29 is 4.79 Å². The highest BCUT2D eigenvalue weighted by Gasteiger charge is 2.25. The quantitative estimate of drug-likeness (QED) is 0.791. The summed E-state index contributed by atoms with van der Waals surface area (Å²) in [5, 5.41) is 1.85. The molecule has 4 rings (SSSR count). The van der Waals surface area contributed by atoms with Crippen LogP contribution in [0.3, 0.4) is 0 Å². The van der Waals surface area contributed by atoms with Crippen molar-refractivity contribution >= 4 is 28.4 Å². The molecule has 1 atom stereocenters. The van der Waals surface area contributed by atoms with E-state index in [-0.39, 0.29) is 11.9 Å². The SMILES string of the molecule is C[C@@H](CC(=O)N1CCc2[nH]c3c(Cl)cccc3c2C1)n1ccnc1. The fourth-order valence-electron chi connectivity index (χ4n) is 3.43. The Morgan fingerprint density at radius 1 is 1.46 bits per heavy atom. The summed E-state index contributed by atoms with van der Waals surface area (Å²) in [4.78, 5) is 22.1. The number of carbonyl (C=O) groups excluding carboxylic acids is 1. The third-order valence-electron chi connectivity index (χ3n) is 4.82. The fraction of sp³-hybridized carbons (Fsp3) is 0.333. The molecule has 0 fully saturated rings. The van der Waals surface area contributed by atoms with Crippen LogP contribution in [0.2, 0.25) is 5.02 Å². The topological polar surface area (TPSA) is 53.9 Å². The van der Waals surface area contributed by atoms with Gasteiger partial charge in [0.15, 0.2) is 0 Å². The molecule has 1 amide bonds. The second-order valence-corrected chi connectivity index (χ2v) is 6.78. The second kappa shape index (κ2) is 5.98. The Morgan fingerprint density at radius 2 is 2.33 bits per heavy atom. The van der Waals surface area contributed by atoms with Crippen molar-refractivity contribution in [3.63, 3.8) is 0 Å². The molecule has 5 nitrogen and oxygen atoms in total. The lowest BCUT2D eigenvalue weighted by Crippen LogP contribution is -2.36. The number of para-hydroxylation sites is 1. The van der Waals surface area contributed by atoms with Gasteiger partial charge in [-0.1, -0.05) is 23.7 Å². The molecular weight excluding hydrogens is 324 g/mol. The number of rotatable bonds is 3. The van der Waals surface area contributed by atoms with Gasteiger partial charge in [0, 0.05) is 61.0 Å². The summed E-state index contributed by atoms with van der Waals surface area (Å²) in [5.74, 6) is 0.179. The molecular formula is C18H19ClN4O. The van der Waals surface area contributed by atoms with Crippen molar-refractivity contribution in [2.45, 2.75) is 32.4 Å². The zero-order valence-electron chi connectivity index (χ0n) is 13.5. The molecule has 2 aromatic heterocycles. The molecule has 0 unspecified atom stereocenters. The lowest BCUT2D eigenvalue weighted by Gasteiger charge is -2.28. The molecule has 6 heteroatoms. The molecule has 24 heavy (non-hydrogen) atoms. The summed E-state index contributed by atoms with van der Waals surface area (Å²) in [5.41, 5.74) is 3.37. The summed E-state index contributed by atoms with van der Waals surface area (Å²) in [6, 6.07) is 6.03. The first-order chi connectivity index (χ1) is 11.6. The lowest BCUT2D eigenvalue weighted by molar-refractivity contribution is -0.132. The number of amides is 1. The van der Waals surface area contributed by atoms with Crippen LogP contribution in [0.25, 0.3) is 10.9 Å². The van der Waals surface area contributed by atoms with E-state index in [9.17, 15) is 4.79 Å². The van der Waals surface area contributed by atoms with E-state index in [1.165, 1.54) is 11.3 Å². The van der Waals surface area contributed by atoms with Crippen LogP contribution in [0, 0.1) is 0 Å². The maximum absolute atomic E-state index is 12.7. The summed E-state index contributed by atoms with van der Waals surface area (Å²) >= 11 is 6.28. The summed E-state index contributed by atoms with van der Waals surface area (Å²) in [7, 11) is 0. The third-order valence-corrected chi connectivity index (χ3v) is 5.13. The zero-order chi connectivity index (χ0) is 16.7. The predicted molar refractivity (Wildman–Crippen MR) is 94.0 cm³/mol. The van der Waals surface area contributed by atoms with Crippen molar-refractivity contribution in [1.29, 1.82) is 0 Å². The van der Waals surface area contributed by atoms with Crippen LogP contribution in [0.5, 0.6) is 0 Å². The van der Waals surface area contributed by atoms with Gasteiger partial charge in [0.1, 0.15) is 0 Å². The Labute approximate surface area is 145 Å². The second-order valence-electron chi connectivity index (χ2n) is 6.37. The van der Waals surface area contributed by atoms with Crippen molar-refractivity contribution in [3.8, 4) is 0 Å². The molecule has 1 aliphatic heterocycles. The van der Waals surface area contributed by atoms with Gasteiger partial charge in [-0.3, -0.25) is 4.79 Å². The average Bonchev–Trinajstić information content (AvgIpc) is 3.23. The van der Waals surface area contributed by atoms with E-state index in [0.29, 0.717) is 13.0 Å². The number of imidazole rings is 1. The van der Waals surface area contributed by atoms with Gasteiger partial charge >= 0.3 is 0 Å². The van der Waals surface area contributed by atoms with Gasteiger partial charge in [0.05, 0.1) is 16.9 Å². The number of benzene rings is 1. The highest BCUT2D eigenvalue weighted by atomic mass is 35.5. The molecule has 0 aliphatic carbocycles. The number of halogens is 1. The van der Waals surface area contributed by atoms with Gasteiger partial charge in [0.25, 0.3) is 0 Å². The minimum Gasteiger partial charge on any atom is -0.357 e. The molecule has 1 aromatic carbocycles. The number of carbonyl (C=O) groups is 1. The van der Waals surface area contributed by atoms with Gasteiger partial charge in [-0.05, 0) is 13.0 Å². The molecule has 3 heterocycles. The van der Waals surface area contributed by atoms with E-state index in [4.69, 9.17) is 11.6 Å². The van der Waals surface area contributed by atoms with Gasteiger partial charge in [0.2, 0.25) is 5.91 Å². The normalized spacial score (nSPS) is 15.5. The van der Waals surface area contributed by atoms with Crippen molar-refractivity contribution in [2.24, 2.45) is 0 Å². The zero-order valence-corrected chi connectivity index (χ0v) is 14.3. The molecule has 0 radical (unpaired) electrons. The third kappa shape index (κ3) is 2.59. The largest absolute Gasteiger partial charge is 0.357 e. The van der Waals surface area contributed by atoms with Gasteiger partial charge in [-0.25, -0.2) is 4.98 Å². The van der Waals surface area contributed by atoms with Gasteiger partial charge in [-0.2, -0.15) is 0 Å². The number of hydrogen-bond acceptors (Lipinski definition) is 2. The van der Waals surface area contributed by atoms with E-state index in [1.54, 1.807) is 12.5 Å². The van der Waals surface area contributed by atoms with Crippen LogP contribution in [0.4, 0.5) is 0 Å². The van der Waals surface area contributed by atoms with E-state index in [1.807, 2.05) is 34.7 Å². The molecule has 1 aliphatic rings.